The number of alkyl halides is 1. The molecule has 1 heterocycles. The van der Waals surface area contributed by atoms with E-state index in [0.717, 1.165) is 36.0 Å². The van der Waals surface area contributed by atoms with E-state index in [1.165, 1.54) is 36.9 Å². The monoisotopic (exact) mass is 333 g/mol. The van der Waals surface area contributed by atoms with Crippen LogP contribution in [-0.4, -0.2) is 9.81 Å². The van der Waals surface area contributed by atoms with E-state index >= 15 is 0 Å². The van der Waals surface area contributed by atoms with E-state index in [1.807, 2.05) is 12.3 Å². The van der Waals surface area contributed by atoms with Crippen LogP contribution in [0.2, 0.25) is 0 Å². The molecule has 4 fully saturated rings. The third kappa shape index (κ3) is 2.24. The Kier molecular flexibility index (Phi) is 3.41. The first-order valence-electron chi connectivity index (χ1n) is 8.25. The van der Waals surface area contributed by atoms with Gasteiger partial charge in [-0.15, -0.1) is 0 Å². The minimum absolute atomic E-state index is 0.631. The molecule has 0 aromatic carbocycles. The fourth-order valence-electron chi connectivity index (χ4n) is 5.61. The predicted octanol–water partition coefficient (Wildman–Crippen LogP) is 4.77. The van der Waals surface area contributed by atoms with Crippen molar-refractivity contribution in [1.82, 2.24) is 4.98 Å². The second-order valence-electron chi connectivity index (χ2n) is 7.50. The van der Waals surface area contributed by atoms with Gasteiger partial charge in [-0.1, -0.05) is 22.0 Å². The average Bonchev–Trinajstić information content (AvgIpc) is 2.40. The van der Waals surface area contributed by atoms with Crippen molar-refractivity contribution in [1.29, 1.82) is 0 Å². The van der Waals surface area contributed by atoms with E-state index in [2.05, 4.69) is 33.9 Å². The summed E-state index contributed by atoms with van der Waals surface area (Å²) < 4.78 is 0. The van der Waals surface area contributed by atoms with Crippen LogP contribution in [0.1, 0.15) is 43.4 Å². The molecule has 4 aliphatic carbocycles. The fraction of sp³-hybridized carbons (Fsp3) is 0.722. The van der Waals surface area contributed by atoms with Gasteiger partial charge in [0, 0.05) is 23.1 Å². The maximum atomic E-state index is 4.60. The summed E-state index contributed by atoms with van der Waals surface area (Å²) in [5.74, 6) is 5.05. The van der Waals surface area contributed by atoms with Crippen molar-refractivity contribution in [2.45, 2.75) is 50.3 Å². The summed E-state index contributed by atoms with van der Waals surface area (Å²) in [6.07, 6.45) is 10.7. The van der Waals surface area contributed by atoms with Gasteiger partial charge in [0.25, 0.3) is 0 Å². The second kappa shape index (κ2) is 5.12. The van der Waals surface area contributed by atoms with Crippen molar-refractivity contribution < 1.29 is 0 Å². The second-order valence-corrected chi connectivity index (χ2v) is 8.67. The summed E-state index contributed by atoms with van der Waals surface area (Å²) in [4.78, 5) is 5.23. The van der Waals surface area contributed by atoms with Crippen LogP contribution in [0.5, 0.6) is 0 Å². The Morgan fingerprint density at radius 3 is 2.40 bits per heavy atom. The summed E-state index contributed by atoms with van der Waals surface area (Å²) in [7, 11) is 0. The Hall–Kier alpha value is -0.370. The van der Waals surface area contributed by atoms with Gasteiger partial charge in [-0.3, -0.25) is 4.98 Å². The molecule has 0 N–H and O–H groups in total. The maximum Gasteiger partial charge on any atom is 0.0443 e. The number of nitrogens with zero attached hydrogens (tertiary/aromatic N) is 1. The number of hydrogen-bond donors (Lipinski definition) is 0. The third-order valence-corrected chi connectivity index (χ3v) is 7.16. The molecule has 0 amide bonds. The van der Waals surface area contributed by atoms with E-state index in [9.17, 15) is 0 Å². The summed E-state index contributed by atoms with van der Waals surface area (Å²) in [6, 6.07) is 4.24. The van der Waals surface area contributed by atoms with Gasteiger partial charge in [-0.2, -0.15) is 0 Å². The molecule has 0 spiro atoms. The minimum atomic E-state index is 0.631. The van der Waals surface area contributed by atoms with Crippen molar-refractivity contribution in [2.75, 3.05) is 0 Å². The van der Waals surface area contributed by atoms with Crippen LogP contribution in [0.15, 0.2) is 18.3 Å². The van der Waals surface area contributed by atoms with Crippen LogP contribution in [0.3, 0.4) is 0 Å². The summed E-state index contributed by atoms with van der Waals surface area (Å²) in [6.45, 7) is 2.19. The standard InChI is InChI=1S/C18H24BrN/c1-11-3-2-4-20-17(11)10-16(19)18-14-6-12-5-13(8-14)9-15(18)7-12/h2-4,12-16,18H,5-10H2,1H3. The van der Waals surface area contributed by atoms with Crippen molar-refractivity contribution in [3.8, 4) is 0 Å². The molecule has 4 bridgehead atoms. The van der Waals surface area contributed by atoms with Crippen LogP contribution in [0, 0.1) is 36.5 Å². The molecule has 0 radical (unpaired) electrons. The lowest BCUT2D eigenvalue weighted by Crippen LogP contribution is -2.48. The van der Waals surface area contributed by atoms with Gasteiger partial charge >= 0.3 is 0 Å². The Morgan fingerprint density at radius 1 is 1.15 bits per heavy atom. The molecular weight excluding hydrogens is 310 g/mol. The molecule has 5 rings (SSSR count). The normalized spacial score (nSPS) is 40.0. The lowest BCUT2D eigenvalue weighted by atomic mass is 9.51. The SMILES string of the molecule is Cc1cccnc1CC(Br)C1C2CC3CC(C2)CC1C3. The summed E-state index contributed by atoms with van der Waals surface area (Å²) in [5.41, 5.74) is 2.64. The number of aromatic nitrogens is 1. The molecule has 2 heteroatoms. The smallest absolute Gasteiger partial charge is 0.0443 e. The molecule has 1 aromatic rings. The zero-order valence-electron chi connectivity index (χ0n) is 12.3. The molecule has 1 unspecified atom stereocenters. The van der Waals surface area contributed by atoms with Crippen molar-refractivity contribution in [3.05, 3.63) is 29.6 Å². The van der Waals surface area contributed by atoms with Gasteiger partial charge < -0.3 is 0 Å². The first-order valence-corrected chi connectivity index (χ1v) is 9.17. The van der Waals surface area contributed by atoms with Gasteiger partial charge in [-0.05, 0) is 80.2 Å². The Balaban J connectivity index is 1.51. The first-order chi connectivity index (χ1) is 9.70. The van der Waals surface area contributed by atoms with Crippen LogP contribution in [-0.2, 0) is 6.42 Å². The predicted molar refractivity (Wildman–Crippen MR) is 85.9 cm³/mol. The molecule has 108 valence electrons. The zero-order valence-corrected chi connectivity index (χ0v) is 13.8. The van der Waals surface area contributed by atoms with Crippen molar-refractivity contribution >= 4 is 15.9 Å². The molecule has 0 aliphatic heterocycles. The quantitative estimate of drug-likeness (QED) is 0.726. The van der Waals surface area contributed by atoms with Crippen molar-refractivity contribution in [2.24, 2.45) is 29.6 Å². The number of halogens is 1. The largest absolute Gasteiger partial charge is 0.261 e. The molecule has 20 heavy (non-hydrogen) atoms. The lowest BCUT2D eigenvalue weighted by Gasteiger charge is -2.55. The average molecular weight is 334 g/mol. The van der Waals surface area contributed by atoms with Gasteiger partial charge in [-0.25, -0.2) is 0 Å². The van der Waals surface area contributed by atoms with Gasteiger partial charge in [0.15, 0.2) is 0 Å². The summed E-state index contributed by atoms with van der Waals surface area (Å²) >= 11 is 4.06. The fourth-order valence-corrected chi connectivity index (χ4v) is 6.78. The van der Waals surface area contributed by atoms with E-state index in [1.54, 1.807) is 6.42 Å². The highest BCUT2D eigenvalue weighted by Gasteiger charge is 2.49. The Labute approximate surface area is 130 Å². The molecule has 0 saturated heterocycles. The number of pyridine rings is 1. The molecule has 4 saturated carbocycles. The van der Waals surface area contributed by atoms with Crippen LogP contribution in [0.25, 0.3) is 0 Å². The molecule has 1 aromatic heterocycles. The zero-order chi connectivity index (χ0) is 13.7. The van der Waals surface area contributed by atoms with Crippen LogP contribution < -0.4 is 0 Å². The molecule has 4 aliphatic rings. The highest BCUT2D eigenvalue weighted by Crippen LogP contribution is 2.58. The number of rotatable bonds is 3. The van der Waals surface area contributed by atoms with E-state index < -0.39 is 0 Å². The van der Waals surface area contributed by atoms with Gasteiger partial charge in [0.05, 0.1) is 0 Å². The minimum Gasteiger partial charge on any atom is -0.261 e. The highest BCUT2D eigenvalue weighted by atomic mass is 79.9. The van der Waals surface area contributed by atoms with E-state index in [-0.39, 0.29) is 0 Å². The van der Waals surface area contributed by atoms with Crippen LogP contribution in [0.4, 0.5) is 0 Å². The molecule has 1 nitrogen and oxygen atoms in total. The first kappa shape index (κ1) is 13.3. The third-order valence-electron chi connectivity index (χ3n) is 6.22. The topological polar surface area (TPSA) is 12.9 Å². The highest BCUT2D eigenvalue weighted by molar-refractivity contribution is 9.09. The number of aryl methyl sites for hydroxylation is 1. The molecular formula is C18H24BrN. The van der Waals surface area contributed by atoms with Gasteiger partial charge in [0.1, 0.15) is 0 Å². The molecule has 1 atom stereocenters. The van der Waals surface area contributed by atoms with Crippen molar-refractivity contribution in [3.63, 3.8) is 0 Å². The van der Waals surface area contributed by atoms with Crippen LogP contribution >= 0.6 is 15.9 Å². The van der Waals surface area contributed by atoms with E-state index in [4.69, 9.17) is 0 Å². The number of hydrogen-bond acceptors (Lipinski definition) is 1. The van der Waals surface area contributed by atoms with E-state index in [0.29, 0.717) is 4.83 Å². The Bertz CT molecular complexity index is 470. The maximum absolute atomic E-state index is 4.60. The lowest BCUT2D eigenvalue weighted by molar-refractivity contribution is -0.0361. The van der Waals surface area contributed by atoms with Gasteiger partial charge in [0.2, 0.25) is 0 Å². The summed E-state index contributed by atoms with van der Waals surface area (Å²) in [5, 5.41) is 0. The Morgan fingerprint density at radius 2 is 1.80 bits per heavy atom.